The van der Waals surface area contributed by atoms with Crippen LogP contribution in [0, 0.1) is 0 Å². The number of fused-ring (bicyclic) bond motifs is 1. The molecule has 2 aromatic rings. The molecular weight excluding hydrogens is 248 g/mol. The number of nitrogens with zero attached hydrogens (tertiary/aromatic N) is 1. The summed E-state index contributed by atoms with van der Waals surface area (Å²) in [4.78, 5) is 4.36. The van der Waals surface area contributed by atoms with E-state index in [2.05, 4.69) is 41.5 Å². The van der Waals surface area contributed by atoms with Gasteiger partial charge in [-0.3, -0.25) is 4.98 Å². The molecule has 3 rings (SSSR count). The number of benzene rings is 1. The second-order valence-electron chi connectivity index (χ2n) is 5.23. The molecule has 0 aliphatic carbocycles. The zero-order valence-corrected chi connectivity index (χ0v) is 11.9. The summed E-state index contributed by atoms with van der Waals surface area (Å²) in [5, 5.41) is 3.41. The van der Waals surface area contributed by atoms with Crippen LogP contribution in [0.25, 0.3) is 11.1 Å². The molecule has 0 amide bonds. The van der Waals surface area contributed by atoms with Crippen LogP contribution in [0.1, 0.15) is 30.0 Å². The Bertz CT molecular complexity index is 595. The van der Waals surface area contributed by atoms with Crippen molar-refractivity contribution < 1.29 is 4.74 Å². The third-order valence-electron chi connectivity index (χ3n) is 3.61. The summed E-state index contributed by atoms with van der Waals surface area (Å²) in [7, 11) is 0. The lowest BCUT2D eigenvalue weighted by molar-refractivity contribution is 0.134. The van der Waals surface area contributed by atoms with Gasteiger partial charge in [0, 0.05) is 24.5 Å². The van der Waals surface area contributed by atoms with Gasteiger partial charge in [0.1, 0.15) is 0 Å². The van der Waals surface area contributed by atoms with E-state index in [0.717, 1.165) is 32.7 Å². The summed E-state index contributed by atoms with van der Waals surface area (Å²) >= 11 is 0. The number of pyridine rings is 1. The van der Waals surface area contributed by atoms with Crippen molar-refractivity contribution in [3.63, 3.8) is 0 Å². The van der Waals surface area contributed by atoms with Gasteiger partial charge in [-0.05, 0) is 47.4 Å². The minimum absolute atomic E-state index is 0.731. The van der Waals surface area contributed by atoms with E-state index in [0.29, 0.717) is 0 Å². The van der Waals surface area contributed by atoms with Crippen LogP contribution in [-0.4, -0.2) is 11.5 Å². The van der Waals surface area contributed by atoms with Crippen LogP contribution in [0.3, 0.4) is 0 Å². The smallest absolute Gasteiger partial charge is 0.0725 e. The predicted octanol–water partition coefficient (Wildman–Crippen LogP) is 3.28. The quantitative estimate of drug-likeness (QED) is 0.845. The zero-order chi connectivity index (χ0) is 13.8. The molecule has 1 aliphatic rings. The number of hydrogen-bond acceptors (Lipinski definition) is 3. The maximum atomic E-state index is 5.47. The Kier molecular flexibility index (Phi) is 4.09. The van der Waals surface area contributed by atoms with Crippen LogP contribution in [0.2, 0.25) is 0 Å². The molecule has 0 unspecified atom stereocenters. The number of ether oxygens (including phenoxy) is 1. The first kappa shape index (κ1) is 13.3. The van der Waals surface area contributed by atoms with E-state index in [1.165, 1.54) is 27.8 Å². The summed E-state index contributed by atoms with van der Waals surface area (Å²) in [5.41, 5.74) is 6.24. The monoisotopic (exact) mass is 268 g/mol. The number of rotatable bonds is 5. The van der Waals surface area contributed by atoms with Crippen LogP contribution in [-0.2, 0) is 24.5 Å². The minimum atomic E-state index is 0.731. The highest BCUT2D eigenvalue weighted by Gasteiger charge is 2.12. The molecular formula is C17H20N2O. The first-order valence-corrected chi connectivity index (χ1v) is 7.21. The van der Waals surface area contributed by atoms with Crippen molar-refractivity contribution in [2.24, 2.45) is 0 Å². The lowest BCUT2D eigenvalue weighted by Crippen LogP contribution is -2.13. The van der Waals surface area contributed by atoms with Gasteiger partial charge in [0.2, 0.25) is 0 Å². The molecule has 104 valence electrons. The summed E-state index contributed by atoms with van der Waals surface area (Å²) in [6, 6.07) is 8.77. The molecule has 1 N–H and O–H groups in total. The van der Waals surface area contributed by atoms with Crippen molar-refractivity contribution in [3.8, 4) is 11.1 Å². The fraction of sp³-hybridized carbons (Fsp3) is 0.353. The Morgan fingerprint density at radius 2 is 2.00 bits per heavy atom. The minimum Gasteiger partial charge on any atom is -0.372 e. The maximum Gasteiger partial charge on any atom is 0.0725 e. The standard InChI is InChI=1S/C17H20N2O/c1-2-5-18-8-13-6-16(10-19-9-13)14-3-4-15-11-20-12-17(15)7-14/h3-4,6-7,9-10,18H,2,5,8,11-12H2,1H3. The summed E-state index contributed by atoms with van der Waals surface area (Å²) in [6.07, 6.45) is 5.02. The summed E-state index contributed by atoms with van der Waals surface area (Å²) in [6.45, 7) is 5.57. The normalized spacial score (nSPS) is 13.4. The SMILES string of the molecule is CCCNCc1cncc(-c2ccc3c(c2)COC3)c1. The third-order valence-corrected chi connectivity index (χ3v) is 3.61. The van der Waals surface area contributed by atoms with Gasteiger partial charge in [0.05, 0.1) is 13.2 Å². The predicted molar refractivity (Wildman–Crippen MR) is 80.2 cm³/mol. The molecule has 3 nitrogen and oxygen atoms in total. The second-order valence-corrected chi connectivity index (χ2v) is 5.23. The van der Waals surface area contributed by atoms with E-state index in [1.807, 2.05) is 12.4 Å². The molecule has 0 saturated carbocycles. The second kappa shape index (κ2) is 6.16. The number of hydrogen-bond donors (Lipinski definition) is 1. The molecule has 1 aromatic carbocycles. The fourth-order valence-electron chi connectivity index (χ4n) is 2.50. The molecule has 1 aromatic heterocycles. The first-order chi connectivity index (χ1) is 9.86. The van der Waals surface area contributed by atoms with E-state index >= 15 is 0 Å². The largest absolute Gasteiger partial charge is 0.372 e. The molecule has 0 saturated heterocycles. The Hall–Kier alpha value is -1.71. The lowest BCUT2D eigenvalue weighted by Gasteiger charge is -2.07. The van der Waals surface area contributed by atoms with Gasteiger partial charge >= 0.3 is 0 Å². The van der Waals surface area contributed by atoms with Gasteiger partial charge in [-0.1, -0.05) is 19.1 Å². The van der Waals surface area contributed by atoms with Crippen LogP contribution >= 0.6 is 0 Å². The van der Waals surface area contributed by atoms with E-state index in [1.54, 1.807) is 0 Å². The molecule has 0 radical (unpaired) electrons. The van der Waals surface area contributed by atoms with Crippen molar-refractivity contribution in [2.75, 3.05) is 6.54 Å². The third kappa shape index (κ3) is 2.89. The van der Waals surface area contributed by atoms with E-state index < -0.39 is 0 Å². The van der Waals surface area contributed by atoms with Gasteiger partial charge in [-0.2, -0.15) is 0 Å². The van der Waals surface area contributed by atoms with E-state index in [9.17, 15) is 0 Å². The molecule has 3 heteroatoms. The summed E-state index contributed by atoms with van der Waals surface area (Å²) in [5.74, 6) is 0. The van der Waals surface area contributed by atoms with Crippen molar-refractivity contribution in [3.05, 3.63) is 53.3 Å². The number of nitrogens with one attached hydrogen (secondary N) is 1. The number of aromatic nitrogens is 1. The Balaban J connectivity index is 1.81. The topological polar surface area (TPSA) is 34.2 Å². The Morgan fingerprint density at radius 1 is 1.10 bits per heavy atom. The highest BCUT2D eigenvalue weighted by molar-refractivity contribution is 5.64. The van der Waals surface area contributed by atoms with Gasteiger partial charge < -0.3 is 10.1 Å². The van der Waals surface area contributed by atoms with Gasteiger partial charge in [0.25, 0.3) is 0 Å². The van der Waals surface area contributed by atoms with Crippen molar-refractivity contribution in [1.82, 2.24) is 10.3 Å². The maximum absolute atomic E-state index is 5.47. The molecule has 0 spiro atoms. The van der Waals surface area contributed by atoms with Gasteiger partial charge in [-0.25, -0.2) is 0 Å². The molecule has 0 bridgehead atoms. The zero-order valence-electron chi connectivity index (χ0n) is 11.9. The van der Waals surface area contributed by atoms with Crippen molar-refractivity contribution in [1.29, 1.82) is 0 Å². The summed E-state index contributed by atoms with van der Waals surface area (Å²) < 4.78 is 5.47. The van der Waals surface area contributed by atoms with Crippen LogP contribution in [0.4, 0.5) is 0 Å². The highest BCUT2D eigenvalue weighted by atomic mass is 16.5. The van der Waals surface area contributed by atoms with Crippen LogP contribution < -0.4 is 5.32 Å². The van der Waals surface area contributed by atoms with Crippen molar-refractivity contribution in [2.45, 2.75) is 33.1 Å². The molecule has 20 heavy (non-hydrogen) atoms. The van der Waals surface area contributed by atoms with Crippen LogP contribution in [0.15, 0.2) is 36.7 Å². The van der Waals surface area contributed by atoms with Crippen LogP contribution in [0.5, 0.6) is 0 Å². The first-order valence-electron chi connectivity index (χ1n) is 7.21. The average molecular weight is 268 g/mol. The Labute approximate surface area is 120 Å². The Morgan fingerprint density at radius 3 is 2.90 bits per heavy atom. The van der Waals surface area contributed by atoms with Gasteiger partial charge in [0.15, 0.2) is 0 Å². The molecule has 0 atom stereocenters. The average Bonchev–Trinajstić information content (AvgIpc) is 2.95. The molecule has 1 aliphatic heterocycles. The van der Waals surface area contributed by atoms with Gasteiger partial charge in [-0.15, -0.1) is 0 Å². The van der Waals surface area contributed by atoms with E-state index in [4.69, 9.17) is 4.74 Å². The molecule has 0 fully saturated rings. The highest BCUT2D eigenvalue weighted by Crippen LogP contribution is 2.26. The van der Waals surface area contributed by atoms with E-state index in [-0.39, 0.29) is 0 Å². The fourth-order valence-corrected chi connectivity index (χ4v) is 2.50. The molecule has 2 heterocycles. The lowest BCUT2D eigenvalue weighted by atomic mass is 10.0. The van der Waals surface area contributed by atoms with Crippen molar-refractivity contribution >= 4 is 0 Å².